The number of rotatable bonds is 8. The lowest BCUT2D eigenvalue weighted by atomic mass is 9.81. The van der Waals surface area contributed by atoms with Crippen LogP contribution in [-0.4, -0.2) is 38.2 Å². The number of ether oxygens (including phenoxy) is 3. The Bertz CT molecular complexity index is 426. The molecule has 0 aromatic rings. The van der Waals surface area contributed by atoms with Gasteiger partial charge in [0.2, 0.25) is 0 Å². The lowest BCUT2D eigenvalue weighted by Gasteiger charge is -2.26. The predicted octanol–water partition coefficient (Wildman–Crippen LogP) is 1.24. The van der Waals surface area contributed by atoms with Crippen molar-refractivity contribution in [3.05, 3.63) is 12.2 Å². The van der Waals surface area contributed by atoms with Crippen LogP contribution in [0.15, 0.2) is 12.2 Å². The molecule has 0 aliphatic rings. The molecule has 0 saturated heterocycles. The highest BCUT2D eigenvalue weighted by Crippen LogP contribution is 2.31. The Kier molecular flexibility index (Phi) is 8.54. The van der Waals surface area contributed by atoms with Crippen LogP contribution in [0.4, 0.5) is 0 Å². The number of hydrogen-bond acceptors (Lipinski definition) is 6. The highest BCUT2D eigenvalue weighted by molar-refractivity contribution is 6.00. The standard InChI is InChI=1S/C15H20O6/c1-5-10-15(13(17)20-6-2,14(18)21-7-3)11-8-9-12(16)19-4/h1,8-9H,6-7,10-11H2,2-4H3/b9-8+. The molecule has 116 valence electrons. The molecule has 0 N–H and O–H groups in total. The maximum absolute atomic E-state index is 12.1. The third-order valence-corrected chi connectivity index (χ3v) is 2.66. The van der Waals surface area contributed by atoms with E-state index >= 15 is 0 Å². The Morgan fingerprint density at radius 1 is 1.14 bits per heavy atom. The van der Waals surface area contributed by atoms with Gasteiger partial charge in [0.25, 0.3) is 0 Å². The first-order valence-corrected chi connectivity index (χ1v) is 6.50. The highest BCUT2D eigenvalue weighted by atomic mass is 16.6. The first-order valence-electron chi connectivity index (χ1n) is 6.50. The van der Waals surface area contributed by atoms with Crippen molar-refractivity contribution in [3.63, 3.8) is 0 Å². The summed E-state index contributed by atoms with van der Waals surface area (Å²) in [5.41, 5.74) is -1.65. The van der Waals surface area contributed by atoms with Crippen molar-refractivity contribution in [2.24, 2.45) is 5.41 Å². The quantitative estimate of drug-likeness (QED) is 0.220. The fraction of sp³-hybridized carbons (Fsp3) is 0.533. The van der Waals surface area contributed by atoms with Gasteiger partial charge in [-0.1, -0.05) is 6.08 Å². The van der Waals surface area contributed by atoms with Crippen molar-refractivity contribution in [2.45, 2.75) is 26.7 Å². The molecule has 0 atom stereocenters. The third kappa shape index (κ3) is 5.30. The van der Waals surface area contributed by atoms with E-state index in [1.165, 1.54) is 13.2 Å². The summed E-state index contributed by atoms with van der Waals surface area (Å²) in [5.74, 6) is 0.153. The fourth-order valence-corrected chi connectivity index (χ4v) is 1.60. The lowest BCUT2D eigenvalue weighted by molar-refractivity contribution is -0.171. The number of terminal acetylenes is 1. The second-order valence-electron chi connectivity index (χ2n) is 4.03. The van der Waals surface area contributed by atoms with Crippen LogP contribution in [0.5, 0.6) is 0 Å². The van der Waals surface area contributed by atoms with Crippen molar-refractivity contribution in [2.75, 3.05) is 20.3 Å². The molecule has 0 heterocycles. The second kappa shape index (κ2) is 9.59. The Hall–Kier alpha value is -2.29. The SMILES string of the molecule is C#CCC(C/C=C/C(=O)OC)(C(=O)OCC)C(=O)OCC. The minimum atomic E-state index is -1.65. The molecule has 0 saturated carbocycles. The number of methoxy groups -OCH3 is 1. The van der Waals surface area contributed by atoms with Crippen LogP contribution < -0.4 is 0 Å². The van der Waals surface area contributed by atoms with Crippen LogP contribution in [0, 0.1) is 17.8 Å². The molecule has 6 nitrogen and oxygen atoms in total. The van der Waals surface area contributed by atoms with E-state index in [-0.39, 0.29) is 26.1 Å². The Morgan fingerprint density at radius 2 is 1.67 bits per heavy atom. The van der Waals surface area contributed by atoms with Gasteiger partial charge in [0.05, 0.1) is 20.3 Å². The van der Waals surface area contributed by atoms with Gasteiger partial charge >= 0.3 is 17.9 Å². The van der Waals surface area contributed by atoms with Gasteiger partial charge in [-0.25, -0.2) is 4.79 Å². The minimum Gasteiger partial charge on any atom is -0.466 e. The number of carbonyl (C=O) groups is 3. The van der Waals surface area contributed by atoms with Crippen molar-refractivity contribution in [1.82, 2.24) is 0 Å². The van der Waals surface area contributed by atoms with Crippen molar-refractivity contribution < 1.29 is 28.6 Å². The summed E-state index contributed by atoms with van der Waals surface area (Å²) in [6.45, 7) is 3.44. The van der Waals surface area contributed by atoms with Gasteiger partial charge in [0.15, 0.2) is 5.41 Å². The maximum Gasteiger partial charge on any atom is 0.330 e. The minimum absolute atomic E-state index is 0.102. The Morgan fingerprint density at radius 3 is 2.05 bits per heavy atom. The monoisotopic (exact) mass is 296 g/mol. The molecule has 0 fully saturated rings. The molecule has 0 amide bonds. The van der Waals surface area contributed by atoms with Crippen molar-refractivity contribution >= 4 is 17.9 Å². The van der Waals surface area contributed by atoms with E-state index in [0.717, 1.165) is 6.08 Å². The lowest BCUT2D eigenvalue weighted by Crippen LogP contribution is -2.41. The molecule has 0 unspecified atom stereocenters. The van der Waals surface area contributed by atoms with Gasteiger partial charge in [0.1, 0.15) is 0 Å². The van der Waals surface area contributed by atoms with E-state index in [0.29, 0.717) is 0 Å². The van der Waals surface area contributed by atoms with Crippen LogP contribution in [0.25, 0.3) is 0 Å². The molecule has 0 aromatic carbocycles. The van der Waals surface area contributed by atoms with Crippen LogP contribution >= 0.6 is 0 Å². The first kappa shape index (κ1) is 18.7. The molecule has 0 rings (SSSR count). The van der Waals surface area contributed by atoms with Gasteiger partial charge in [0, 0.05) is 12.5 Å². The second-order valence-corrected chi connectivity index (χ2v) is 4.03. The van der Waals surface area contributed by atoms with Gasteiger partial charge < -0.3 is 14.2 Å². The maximum atomic E-state index is 12.1. The van der Waals surface area contributed by atoms with Gasteiger partial charge in [-0.05, 0) is 20.3 Å². The number of allylic oxidation sites excluding steroid dienone is 1. The van der Waals surface area contributed by atoms with Gasteiger partial charge in [-0.15, -0.1) is 12.3 Å². The normalized spacial score (nSPS) is 10.8. The molecule has 0 aromatic heterocycles. The van der Waals surface area contributed by atoms with Gasteiger partial charge in [-0.3, -0.25) is 9.59 Å². The molecule has 0 bridgehead atoms. The van der Waals surface area contributed by atoms with E-state index in [9.17, 15) is 14.4 Å². The zero-order valence-corrected chi connectivity index (χ0v) is 12.5. The molecule has 6 heteroatoms. The summed E-state index contributed by atoms with van der Waals surface area (Å²) in [5, 5.41) is 0. The van der Waals surface area contributed by atoms with E-state index in [1.54, 1.807) is 13.8 Å². The fourth-order valence-electron chi connectivity index (χ4n) is 1.60. The zero-order valence-electron chi connectivity index (χ0n) is 12.5. The summed E-state index contributed by atoms with van der Waals surface area (Å²) >= 11 is 0. The molecular weight excluding hydrogens is 276 g/mol. The number of carbonyl (C=O) groups excluding carboxylic acids is 3. The number of hydrogen-bond donors (Lipinski definition) is 0. The smallest absolute Gasteiger partial charge is 0.330 e. The van der Waals surface area contributed by atoms with E-state index in [2.05, 4.69) is 10.7 Å². The van der Waals surface area contributed by atoms with Crippen LogP contribution in [0.3, 0.4) is 0 Å². The van der Waals surface area contributed by atoms with Crippen LogP contribution in [0.2, 0.25) is 0 Å². The molecule has 21 heavy (non-hydrogen) atoms. The van der Waals surface area contributed by atoms with E-state index in [1.807, 2.05) is 0 Å². The number of esters is 3. The third-order valence-electron chi connectivity index (χ3n) is 2.66. The molecular formula is C15H20O6. The van der Waals surface area contributed by atoms with Crippen LogP contribution in [-0.2, 0) is 28.6 Å². The summed E-state index contributed by atoms with van der Waals surface area (Å²) in [4.78, 5) is 35.4. The molecule has 0 radical (unpaired) electrons. The average molecular weight is 296 g/mol. The summed E-state index contributed by atoms with van der Waals surface area (Å²) in [7, 11) is 1.22. The first-order chi connectivity index (χ1) is 9.98. The molecule has 0 spiro atoms. The Balaban J connectivity index is 5.42. The summed E-state index contributed by atoms with van der Waals surface area (Å²) in [6.07, 6.45) is 7.43. The van der Waals surface area contributed by atoms with Gasteiger partial charge in [-0.2, -0.15) is 0 Å². The summed E-state index contributed by atoms with van der Waals surface area (Å²) in [6, 6.07) is 0. The summed E-state index contributed by atoms with van der Waals surface area (Å²) < 4.78 is 14.3. The highest BCUT2D eigenvalue weighted by Gasteiger charge is 2.47. The largest absolute Gasteiger partial charge is 0.466 e. The zero-order chi connectivity index (χ0) is 16.3. The average Bonchev–Trinajstić information content (AvgIpc) is 2.46. The van der Waals surface area contributed by atoms with E-state index in [4.69, 9.17) is 15.9 Å². The molecule has 0 aliphatic carbocycles. The van der Waals surface area contributed by atoms with Crippen molar-refractivity contribution in [1.29, 1.82) is 0 Å². The van der Waals surface area contributed by atoms with E-state index < -0.39 is 23.3 Å². The predicted molar refractivity (Wildman–Crippen MR) is 74.9 cm³/mol. The van der Waals surface area contributed by atoms with Crippen molar-refractivity contribution in [3.8, 4) is 12.3 Å². The van der Waals surface area contributed by atoms with Crippen LogP contribution in [0.1, 0.15) is 26.7 Å². The Labute approximate surface area is 124 Å². The topological polar surface area (TPSA) is 78.9 Å². The molecule has 0 aliphatic heterocycles.